The molecule has 0 radical (unpaired) electrons. The largest absolute Gasteiger partial charge is 0.354 e. The number of hydrogen-bond donors (Lipinski definition) is 1. The first kappa shape index (κ1) is 29.5. The van der Waals surface area contributed by atoms with E-state index in [2.05, 4.69) is 35.1 Å². The van der Waals surface area contributed by atoms with E-state index in [-0.39, 0.29) is 30.1 Å². The van der Waals surface area contributed by atoms with Crippen molar-refractivity contribution in [1.82, 2.24) is 10.2 Å². The molecule has 0 spiro atoms. The van der Waals surface area contributed by atoms with E-state index >= 15 is 0 Å². The zero-order chi connectivity index (χ0) is 29.6. The molecule has 6 nitrogen and oxygen atoms in total. The number of carbonyl (C=O) groups is 3. The first-order valence-electron chi connectivity index (χ1n) is 14.5. The van der Waals surface area contributed by atoms with Gasteiger partial charge in [0.2, 0.25) is 11.8 Å². The molecule has 1 atom stereocenters. The second-order valence-electron chi connectivity index (χ2n) is 11.2. The summed E-state index contributed by atoms with van der Waals surface area (Å²) < 4.78 is 0.914. The molecule has 42 heavy (non-hydrogen) atoms. The van der Waals surface area contributed by atoms with Crippen LogP contribution in [-0.4, -0.2) is 41.8 Å². The molecule has 1 aliphatic rings. The number of anilines is 1. The Labute approximate surface area is 255 Å². The van der Waals surface area contributed by atoms with Gasteiger partial charge in [-0.2, -0.15) is 0 Å². The van der Waals surface area contributed by atoms with Crippen molar-refractivity contribution in [2.75, 3.05) is 18.0 Å². The van der Waals surface area contributed by atoms with Gasteiger partial charge >= 0.3 is 0 Å². The highest BCUT2D eigenvalue weighted by Gasteiger charge is 2.32. The Morgan fingerprint density at radius 2 is 1.62 bits per heavy atom. The Morgan fingerprint density at radius 3 is 2.36 bits per heavy atom. The molecule has 0 aromatic heterocycles. The fourth-order valence-corrected chi connectivity index (χ4v) is 5.99. The monoisotopic (exact) mass is 625 g/mol. The first-order valence-corrected chi connectivity index (χ1v) is 15.3. The Kier molecular flexibility index (Phi) is 9.38. The molecular formula is C35H36BrN3O3. The van der Waals surface area contributed by atoms with Crippen LogP contribution in [0.15, 0.2) is 95.5 Å². The van der Waals surface area contributed by atoms with Crippen molar-refractivity contribution < 1.29 is 14.4 Å². The van der Waals surface area contributed by atoms with Crippen molar-refractivity contribution in [3.8, 4) is 0 Å². The Morgan fingerprint density at radius 1 is 0.905 bits per heavy atom. The molecule has 216 valence electrons. The smallest absolute Gasteiger partial charge is 0.258 e. The van der Waals surface area contributed by atoms with Crippen molar-refractivity contribution in [2.24, 2.45) is 5.92 Å². The van der Waals surface area contributed by atoms with Gasteiger partial charge in [-0.15, -0.1) is 0 Å². The summed E-state index contributed by atoms with van der Waals surface area (Å²) in [4.78, 5) is 44.4. The molecular weight excluding hydrogens is 590 g/mol. The number of hydrogen-bond acceptors (Lipinski definition) is 3. The summed E-state index contributed by atoms with van der Waals surface area (Å²) in [5, 5.41) is 5.07. The molecule has 4 aromatic carbocycles. The van der Waals surface area contributed by atoms with Crippen molar-refractivity contribution in [3.05, 3.63) is 112 Å². The molecule has 3 amide bonds. The minimum absolute atomic E-state index is 0.0322. The maximum absolute atomic E-state index is 14.0. The predicted molar refractivity (Wildman–Crippen MR) is 171 cm³/mol. The van der Waals surface area contributed by atoms with Gasteiger partial charge in [0, 0.05) is 47.9 Å². The minimum atomic E-state index is -0.677. The number of halogens is 1. The van der Waals surface area contributed by atoms with Crippen LogP contribution in [0.5, 0.6) is 0 Å². The highest BCUT2D eigenvalue weighted by atomic mass is 79.9. The highest BCUT2D eigenvalue weighted by molar-refractivity contribution is 9.10. The van der Waals surface area contributed by atoms with E-state index in [4.69, 9.17) is 0 Å². The molecule has 0 fully saturated rings. The number of rotatable bonds is 12. The predicted octanol–water partition coefficient (Wildman–Crippen LogP) is 6.76. The number of amides is 3. The zero-order valence-corrected chi connectivity index (χ0v) is 25.6. The molecule has 0 saturated carbocycles. The van der Waals surface area contributed by atoms with Crippen LogP contribution < -0.4 is 10.2 Å². The standard InChI is InChI=1S/C35H36BrN3O3/c1-24(2)22-37-34(41)31(21-25-10-4-3-5-11-25)39(23-26-12-6-15-28(36)20-26)32(40)18-9-19-38-30-17-8-14-27-13-7-16-29(33(27)30)35(38)42/h3-8,10-17,20,24,31H,9,18-19,21-23H2,1-2H3,(H,37,41). The highest BCUT2D eigenvalue weighted by Crippen LogP contribution is 2.37. The van der Waals surface area contributed by atoms with Crippen LogP contribution in [0.25, 0.3) is 10.8 Å². The van der Waals surface area contributed by atoms with Crippen molar-refractivity contribution in [2.45, 2.75) is 45.7 Å². The van der Waals surface area contributed by atoms with Gasteiger partial charge in [0.15, 0.2) is 0 Å². The van der Waals surface area contributed by atoms with Gasteiger partial charge in [-0.05, 0) is 53.1 Å². The average molecular weight is 627 g/mol. The fraction of sp³-hybridized carbons (Fsp3) is 0.286. The lowest BCUT2D eigenvalue weighted by atomic mass is 10.0. The molecule has 7 heteroatoms. The molecule has 0 saturated heterocycles. The summed E-state index contributed by atoms with van der Waals surface area (Å²) >= 11 is 3.54. The van der Waals surface area contributed by atoms with E-state index in [0.717, 1.165) is 32.1 Å². The van der Waals surface area contributed by atoms with E-state index in [1.165, 1.54) is 0 Å². The van der Waals surface area contributed by atoms with Gasteiger partial charge < -0.3 is 15.1 Å². The van der Waals surface area contributed by atoms with Gasteiger partial charge in [0.05, 0.1) is 5.69 Å². The van der Waals surface area contributed by atoms with Crippen molar-refractivity contribution >= 4 is 50.1 Å². The van der Waals surface area contributed by atoms with Crippen LogP contribution in [0.3, 0.4) is 0 Å². The third-order valence-corrected chi connectivity index (χ3v) is 8.11. The molecule has 1 unspecified atom stereocenters. The van der Waals surface area contributed by atoms with Gasteiger partial charge in [0.25, 0.3) is 5.91 Å². The van der Waals surface area contributed by atoms with Crippen LogP contribution in [0.4, 0.5) is 5.69 Å². The summed E-state index contributed by atoms with van der Waals surface area (Å²) in [5.41, 5.74) is 3.52. The SMILES string of the molecule is CC(C)CNC(=O)C(Cc1ccccc1)N(Cc1cccc(Br)c1)C(=O)CCCN1C(=O)c2cccc3cccc1c23. The van der Waals surface area contributed by atoms with Gasteiger partial charge in [-0.25, -0.2) is 0 Å². The normalized spacial score (nSPS) is 13.0. The summed E-state index contributed by atoms with van der Waals surface area (Å²) in [7, 11) is 0. The zero-order valence-electron chi connectivity index (χ0n) is 24.1. The minimum Gasteiger partial charge on any atom is -0.354 e. The molecule has 1 N–H and O–H groups in total. The van der Waals surface area contributed by atoms with Crippen LogP contribution in [0, 0.1) is 5.92 Å². The summed E-state index contributed by atoms with van der Waals surface area (Å²) in [6, 6.07) is 28.7. The van der Waals surface area contributed by atoms with Gasteiger partial charge in [-0.3, -0.25) is 14.4 Å². The van der Waals surface area contributed by atoms with E-state index in [1.807, 2.05) is 91.0 Å². The number of nitrogens with zero attached hydrogens (tertiary/aromatic N) is 2. The Hall–Kier alpha value is -3.97. The lowest BCUT2D eigenvalue weighted by Gasteiger charge is -2.32. The molecule has 1 heterocycles. The lowest BCUT2D eigenvalue weighted by Crippen LogP contribution is -2.51. The van der Waals surface area contributed by atoms with Gasteiger partial charge in [0.1, 0.15) is 6.04 Å². The average Bonchev–Trinajstić information content (AvgIpc) is 3.26. The van der Waals surface area contributed by atoms with Gasteiger partial charge in [-0.1, -0.05) is 96.5 Å². The topological polar surface area (TPSA) is 69.7 Å². The maximum atomic E-state index is 14.0. The molecule has 1 aliphatic heterocycles. The Bertz CT molecular complexity index is 1580. The summed E-state index contributed by atoms with van der Waals surface area (Å²) in [5.74, 6) is -0.0203. The molecule has 5 rings (SSSR count). The van der Waals surface area contributed by atoms with E-state index in [9.17, 15) is 14.4 Å². The van der Waals surface area contributed by atoms with Crippen LogP contribution in [0.1, 0.15) is 48.2 Å². The second kappa shape index (κ2) is 13.3. The lowest BCUT2D eigenvalue weighted by molar-refractivity contribution is -0.141. The maximum Gasteiger partial charge on any atom is 0.258 e. The molecule has 4 aromatic rings. The van der Waals surface area contributed by atoms with E-state index < -0.39 is 6.04 Å². The first-order chi connectivity index (χ1) is 20.3. The summed E-state index contributed by atoms with van der Waals surface area (Å²) in [6.07, 6.45) is 1.11. The number of benzene rings is 4. The third kappa shape index (κ3) is 6.73. The molecule has 0 bridgehead atoms. The number of carbonyl (C=O) groups excluding carboxylic acids is 3. The quantitative estimate of drug-likeness (QED) is 0.189. The van der Waals surface area contributed by atoms with Crippen LogP contribution >= 0.6 is 15.9 Å². The van der Waals surface area contributed by atoms with E-state index in [0.29, 0.717) is 38.0 Å². The fourth-order valence-electron chi connectivity index (χ4n) is 5.54. The second-order valence-corrected chi connectivity index (χ2v) is 12.2. The molecule has 0 aliphatic carbocycles. The Balaban J connectivity index is 1.37. The summed E-state index contributed by atoms with van der Waals surface area (Å²) in [6.45, 7) is 5.36. The van der Waals surface area contributed by atoms with E-state index in [1.54, 1.807) is 9.80 Å². The number of nitrogens with one attached hydrogen (secondary N) is 1. The van der Waals surface area contributed by atoms with Crippen LogP contribution in [0.2, 0.25) is 0 Å². The van der Waals surface area contributed by atoms with Crippen molar-refractivity contribution in [1.29, 1.82) is 0 Å². The third-order valence-electron chi connectivity index (χ3n) is 7.62. The van der Waals surface area contributed by atoms with Crippen LogP contribution in [-0.2, 0) is 22.6 Å². The van der Waals surface area contributed by atoms with Crippen molar-refractivity contribution in [3.63, 3.8) is 0 Å².